The molecule has 0 aliphatic rings. The zero-order valence-corrected chi connectivity index (χ0v) is 9.41. The molecule has 0 amide bonds. The van der Waals surface area contributed by atoms with Gasteiger partial charge in [0.25, 0.3) is 0 Å². The molecule has 1 heterocycles. The monoisotopic (exact) mass is 272 g/mol. The van der Waals surface area contributed by atoms with Gasteiger partial charge >= 0.3 is 6.18 Å². The number of pyridine rings is 1. The van der Waals surface area contributed by atoms with E-state index in [-0.39, 0.29) is 17.3 Å². The molecule has 1 aromatic heterocycles. The first-order chi connectivity index (χ1) is 8.86. The molecule has 2 rings (SSSR count). The van der Waals surface area contributed by atoms with E-state index in [1.54, 1.807) is 0 Å². The van der Waals surface area contributed by atoms with Gasteiger partial charge in [-0.1, -0.05) is 6.07 Å². The van der Waals surface area contributed by atoms with Crippen molar-refractivity contribution in [3.63, 3.8) is 0 Å². The maximum atomic E-state index is 13.4. The summed E-state index contributed by atoms with van der Waals surface area (Å²) in [6.07, 6.45) is -4.58. The van der Waals surface area contributed by atoms with E-state index < -0.39 is 17.7 Å². The van der Waals surface area contributed by atoms with E-state index in [0.29, 0.717) is 0 Å². The van der Waals surface area contributed by atoms with Crippen LogP contribution in [-0.4, -0.2) is 4.98 Å². The van der Waals surface area contributed by atoms with Crippen LogP contribution in [0.1, 0.15) is 5.69 Å². The minimum atomic E-state index is -4.58. The molecule has 0 aliphatic heterocycles. The molecule has 0 saturated carbocycles. The van der Waals surface area contributed by atoms with Gasteiger partial charge in [-0.05, 0) is 18.2 Å². The summed E-state index contributed by atoms with van der Waals surface area (Å²) in [6, 6.07) is 6.71. The van der Waals surface area contributed by atoms with Gasteiger partial charge in [0.2, 0.25) is 5.88 Å². The number of nitrogens with two attached hydrogens (primary N) is 1. The smallest absolute Gasteiger partial charge is 0.433 e. The second kappa shape index (κ2) is 4.75. The average molecular weight is 272 g/mol. The van der Waals surface area contributed by atoms with Crippen molar-refractivity contribution >= 4 is 5.69 Å². The Morgan fingerprint density at radius 2 is 1.84 bits per heavy atom. The maximum Gasteiger partial charge on any atom is 0.433 e. The van der Waals surface area contributed by atoms with E-state index in [2.05, 4.69) is 4.98 Å². The van der Waals surface area contributed by atoms with Crippen LogP contribution in [0.25, 0.3) is 0 Å². The topological polar surface area (TPSA) is 48.1 Å². The van der Waals surface area contributed by atoms with E-state index in [4.69, 9.17) is 10.5 Å². The van der Waals surface area contributed by atoms with Crippen molar-refractivity contribution in [2.24, 2.45) is 0 Å². The van der Waals surface area contributed by atoms with E-state index >= 15 is 0 Å². The van der Waals surface area contributed by atoms with Crippen LogP contribution in [0.3, 0.4) is 0 Å². The van der Waals surface area contributed by atoms with E-state index in [1.807, 2.05) is 0 Å². The summed E-state index contributed by atoms with van der Waals surface area (Å²) in [5.74, 6) is -1.38. The molecular weight excluding hydrogens is 264 g/mol. The first-order valence-corrected chi connectivity index (χ1v) is 5.13. The third-order valence-electron chi connectivity index (χ3n) is 2.18. The highest BCUT2D eigenvalue weighted by Crippen LogP contribution is 2.30. The lowest BCUT2D eigenvalue weighted by atomic mass is 10.3. The summed E-state index contributed by atoms with van der Waals surface area (Å²) >= 11 is 0. The minimum Gasteiger partial charge on any atom is -0.436 e. The number of hydrogen-bond acceptors (Lipinski definition) is 3. The molecule has 100 valence electrons. The number of halogens is 4. The molecule has 0 saturated heterocycles. The van der Waals surface area contributed by atoms with Gasteiger partial charge in [0.15, 0.2) is 11.6 Å². The molecule has 0 unspecified atom stereocenters. The predicted molar refractivity (Wildman–Crippen MR) is 60.1 cm³/mol. The fourth-order valence-corrected chi connectivity index (χ4v) is 1.34. The molecule has 0 aliphatic carbocycles. The Kier molecular flexibility index (Phi) is 3.28. The van der Waals surface area contributed by atoms with Crippen molar-refractivity contribution in [3.05, 3.63) is 47.9 Å². The molecule has 0 bridgehead atoms. The lowest BCUT2D eigenvalue weighted by molar-refractivity contribution is -0.141. The Bertz CT molecular complexity index is 599. The number of nitrogen functional groups attached to an aromatic ring is 1. The SMILES string of the molecule is Nc1ccc(Oc2cccc(C(F)(F)F)n2)c(F)c1. The van der Waals surface area contributed by atoms with Crippen LogP contribution in [0.15, 0.2) is 36.4 Å². The van der Waals surface area contributed by atoms with Crippen LogP contribution < -0.4 is 10.5 Å². The molecule has 1 aromatic carbocycles. The summed E-state index contributed by atoms with van der Waals surface area (Å²) in [4.78, 5) is 3.26. The zero-order valence-electron chi connectivity index (χ0n) is 9.41. The van der Waals surface area contributed by atoms with Crippen molar-refractivity contribution < 1.29 is 22.3 Å². The maximum absolute atomic E-state index is 13.4. The van der Waals surface area contributed by atoms with Gasteiger partial charge in [-0.2, -0.15) is 13.2 Å². The average Bonchev–Trinajstić information content (AvgIpc) is 2.32. The zero-order chi connectivity index (χ0) is 14.0. The van der Waals surface area contributed by atoms with Crippen LogP contribution in [0.5, 0.6) is 11.6 Å². The number of hydrogen-bond donors (Lipinski definition) is 1. The molecule has 7 heteroatoms. The summed E-state index contributed by atoms with van der Waals surface area (Å²) in [5, 5.41) is 0. The number of benzene rings is 1. The van der Waals surface area contributed by atoms with E-state index in [9.17, 15) is 17.6 Å². The molecule has 0 atom stereocenters. The van der Waals surface area contributed by atoms with Crippen molar-refractivity contribution in [1.82, 2.24) is 4.98 Å². The van der Waals surface area contributed by atoms with Gasteiger partial charge in [-0.25, -0.2) is 9.37 Å². The Balaban J connectivity index is 2.29. The minimum absolute atomic E-state index is 0.182. The largest absolute Gasteiger partial charge is 0.436 e. The number of aromatic nitrogens is 1. The fraction of sp³-hybridized carbons (Fsp3) is 0.0833. The lowest BCUT2D eigenvalue weighted by Crippen LogP contribution is -2.08. The van der Waals surface area contributed by atoms with Gasteiger partial charge in [0, 0.05) is 17.8 Å². The molecule has 0 fully saturated rings. The predicted octanol–water partition coefficient (Wildman–Crippen LogP) is 3.61. The highest BCUT2D eigenvalue weighted by Gasteiger charge is 2.32. The van der Waals surface area contributed by atoms with Gasteiger partial charge in [-0.3, -0.25) is 0 Å². The molecule has 0 spiro atoms. The molecule has 2 N–H and O–H groups in total. The van der Waals surface area contributed by atoms with Crippen molar-refractivity contribution in [1.29, 1.82) is 0 Å². The molecule has 2 aromatic rings. The summed E-state index contributed by atoms with van der Waals surface area (Å²) < 4.78 is 55.7. The van der Waals surface area contributed by atoms with Gasteiger partial charge < -0.3 is 10.5 Å². The first kappa shape index (κ1) is 13.1. The number of ether oxygens (including phenoxy) is 1. The van der Waals surface area contributed by atoms with E-state index in [1.165, 1.54) is 18.2 Å². The molecule has 19 heavy (non-hydrogen) atoms. The third kappa shape index (κ3) is 3.12. The van der Waals surface area contributed by atoms with E-state index in [0.717, 1.165) is 18.2 Å². The third-order valence-corrected chi connectivity index (χ3v) is 2.18. The lowest BCUT2D eigenvalue weighted by Gasteiger charge is -2.09. The number of anilines is 1. The van der Waals surface area contributed by atoms with Crippen LogP contribution >= 0.6 is 0 Å². The number of alkyl halides is 3. The van der Waals surface area contributed by atoms with Crippen LogP contribution in [0.2, 0.25) is 0 Å². The van der Waals surface area contributed by atoms with Crippen LogP contribution in [0, 0.1) is 5.82 Å². The summed E-state index contributed by atoms with van der Waals surface area (Å²) in [7, 11) is 0. The van der Waals surface area contributed by atoms with Gasteiger partial charge in [-0.15, -0.1) is 0 Å². The Labute approximate surface area is 105 Å². The second-order valence-corrected chi connectivity index (χ2v) is 3.65. The van der Waals surface area contributed by atoms with Crippen molar-refractivity contribution in [2.45, 2.75) is 6.18 Å². The first-order valence-electron chi connectivity index (χ1n) is 5.13. The molecule has 0 radical (unpaired) electrons. The number of rotatable bonds is 2. The summed E-state index contributed by atoms with van der Waals surface area (Å²) in [6.45, 7) is 0. The van der Waals surface area contributed by atoms with Crippen LogP contribution in [0.4, 0.5) is 23.2 Å². The van der Waals surface area contributed by atoms with Gasteiger partial charge in [0.05, 0.1) is 0 Å². The van der Waals surface area contributed by atoms with Crippen LogP contribution in [-0.2, 0) is 6.18 Å². The Morgan fingerprint density at radius 3 is 2.47 bits per heavy atom. The molecular formula is C12H8F4N2O. The van der Waals surface area contributed by atoms with Gasteiger partial charge in [0.1, 0.15) is 5.69 Å². The normalized spacial score (nSPS) is 11.4. The Hall–Kier alpha value is -2.31. The highest BCUT2D eigenvalue weighted by atomic mass is 19.4. The fourth-order valence-electron chi connectivity index (χ4n) is 1.34. The standard InChI is InChI=1S/C12H8F4N2O/c13-8-6-7(17)4-5-9(8)19-11-3-1-2-10(18-11)12(14,15)16/h1-6H,17H2. The quantitative estimate of drug-likeness (QED) is 0.671. The van der Waals surface area contributed by atoms with Crippen molar-refractivity contribution in [2.75, 3.05) is 5.73 Å². The highest BCUT2D eigenvalue weighted by molar-refractivity contribution is 5.43. The van der Waals surface area contributed by atoms with Crippen molar-refractivity contribution in [3.8, 4) is 11.6 Å². The molecule has 3 nitrogen and oxygen atoms in total. The number of nitrogens with zero attached hydrogens (tertiary/aromatic N) is 1. The second-order valence-electron chi connectivity index (χ2n) is 3.65. The Morgan fingerprint density at radius 1 is 1.11 bits per heavy atom. The summed E-state index contributed by atoms with van der Waals surface area (Å²) in [5.41, 5.74) is 4.41.